The van der Waals surface area contributed by atoms with Crippen molar-refractivity contribution >= 4 is 12.0 Å². The number of esters is 1. The van der Waals surface area contributed by atoms with Gasteiger partial charge < -0.3 is 14.2 Å². The van der Waals surface area contributed by atoms with E-state index in [4.69, 9.17) is 14.2 Å². The summed E-state index contributed by atoms with van der Waals surface area (Å²) in [6, 6.07) is 7.00. The fourth-order valence-corrected chi connectivity index (χ4v) is 1.13. The van der Waals surface area contributed by atoms with Crippen molar-refractivity contribution in [3.05, 3.63) is 42.0 Å². The molecule has 1 rings (SSSR count). The number of hydrogen-bond donors (Lipinski definition) is 0. The van der Waals surface area contributed by atoms with Crippen LogP contribution >= 0.6 is 0 Å². The van der Waals surface area contributed by atoms with Crippen molar-refractivity contribution in [2.75, 3.05) is 13.9 Å². The first-order valence-corrected chi connectivity index (χ1v) is 5.21. The number of methoxy groups -OCH3 is 1. The molecule has 1 aromatic rings. The molecule has 0 aliphatic rings. The van der Waals surface area contributed by atoms with Gasteiger partial charge in [0, 0.05) is 7.11 Å². The summed E-state index contributed by atoms with van der Waals surface area (Å²) in [6.45, 7) is 5.22. The zero-order valence-corrected chi connectivity index (χ0v) is 10.0. The van der Waals surface area contributed by atoms with E-state index < -0.39 is 12.3 Å². The molecule has 0 radical (unpaired) electrons. The molecule has 0 fully saturated rings. The highest BCUT2D eigenvalue weighted by Gasteiger charge is 2.08. The summed E-state index contributed by atoms with van der Waals surface area (Å²) in [5.41, 5.74) is 1.33. The lowest BCUT2D eigenvalue weighted by Gasteiger charge is -2.11. The summed E-state index contributed by atoms with van der Waals surface area (Å²) in [7, 11) is 1.51. The smallest absolute Gasteiger partial charge is 0.340 e. The Morgan fingerprint density at radius 2 is 2.29 bits per heavy atom. The third kappa shape index (κ3) is 4.38. The average molecular weight is 236 g/mol. The molecule has 1 unspecified atom stereocenters. The van der Waals surface area contributed by atoms with Crippen molar-refractivity contribution in [2.24, 2.45) is 0 Å². The van der Waals surface area contributed by atoms with Gasteiger partial charge in [0.25, 0.3) is 0 Å². The summed E-state index contributed by atoms with van der Waals surface area (Å²) in [6.07, 6.45) is 1.27. The van der Waals surface area contributed by atoms with Crippen LogP contribution in [0.15, 0.2) is 30.8 Å². The van der Waals surface area contributed by atoms with E-state index in [-0.39, 0.29) is 6.79 Å². The normalized spacial score (nSPS) is 11.9. The molecule has 0 aliphatic heterocycles. The van der Waals surface area contributed by atoms with E-state index in [0.29, 0.717) is 5.56 Å². The van der Waals surface area contributed by atoms with Gasteiger partial charge in [-0.1, -0.05) is 24.8 Å². The van der Waals surface area contributed by atoms with Crippen molar-refractivity contribution in [3.63, 3.8) is 0 Å². The molecule has 0 saturated heterocycles. The van der Waals surface area contributed by atoms with E-state index in [1.807, 2.05) is 6.07 Å². The maximum Gasteiger partial charge on any atom is 0.340 e. The number of carbonyl (C=O) groups excluding carboxylic acids is 1. The van der Waals surface area contributed by atoms with Gasteiger partial charge in [-0.15, -0.1) is 0 Å². The standard InChI is InChI=1S/C13H16O4/c1-4-11-6-5-7-12(8-11)13(14)17-9-16-10(2)15-3/h4-8,10H,1,9H2,2-3H3. The molecule has 92 valence electrons. The van der Waals surface area contributed by atoms with E-state index in [0.717, 1.165) is 5.56 Å². The van der Waals surface area contributed by atoms with Crippen molar-refractivity contribution in [2.45, 2.75) is 13.2 Å². The predicted octanol–water partition coefficient (Wildman–Crippen LogP) is 2.45. The largest absolute Gasteiger partial charge is 0.435 e. The molecule has 1 atom stereocenters. The first kappa shape index (κ1) is 13.4. The predicted molar refractivity (Wildman–Crippen MR) is 64.4 cm³/mol. The van der Waals surface area contributed by atoms with Crippen LogP contribution in [0.2, 0.25) is 0 Å². The highest BCUT2D eigenvalue weighted by Crippen LogP contribution is 2.08. The molecule has 0 saturated carbocycles. The van der Waals surface area contributed by atoms with Crippen LogP contribution in [0, 0.1) is 0 Å². The van der Waals surface area contributed by atoms with Gasteiger partial charge in [0.15, 0.2) is 13.1 Å². The van der Waals surface area contributed by atoms with Gasteiger partial charge in [-0.2, -0.15) is 0 Å². The lowest BCUT2D eigenvalue weighted by molar-refractivity contribution is -0.158. The highest BCUT2D eigenvalue weighted by molar-refractivity contribution is 5.90. The monoisotopic (exact) mass is 236 g/mol. The van der Waals surface area contributed by atoms with E-state index in [9.17, 15) is 4.79 Å². The molecule has 4 heteroatoms. The summed E-state index contributed by atoms with van der Waals surface area (Å²) < 4.78 is 14.8. The molecule has 0 aliphatic carbocycles. The van der Waals surface area contributed by atoms with Gasteiger partial charge in [-0.3, -0.25) is 0 Å². The molecule has 0 aromatic heterocycles. The third-order valence-corrected chi connectivity index (χ3v) is 2.18. The van der Waals surface area contributed by atoms with Crippen molar-refractivity contribution in [1.82, 2.24) is 0 Å². The van der Waals surface area contributed by atoms with Crippen molar-refractivity contribution < 1.29 is 19.0 Å². The molecule has 0 N–H and O–H groups in total. The fourth-order valence-electron chi connectivity index (χ4n) is 1.13. The molecule has 0 spiro atoms. The van der Waals surface area contributed by atoms with Crippen LogP contribution in [0.3, 0.4) is 0 Å². The first-order chi connectivity index (χ1) is 8.17. The van der Waals surface area contributed by atoms with Crippen LogP contribution in [0.4, 0.5) is 0 Å². The Balaban J connectivity index is 2.49. The SMILES string of the molecule is C=Cc1cccc(C(=O)OCOC(C)OC)c1. The number of rotatable bonds is 6. The van der Waals surface area contributed by atoms with Crippen LogP contribution in [-0.4, -0.2) is 26.2 Å². The second-order valence-electron chi connectivity index (χ2n) is 3.35. The van der Waals surface area contributed by atoms with Crippen LogP contribution < -0.4 is 0 Å². The van der Waals surface area contributed by atoms with Gasteiger partial charge in [0.05, 0.1) is 5.56 Å². The molecule has 4 nitrogen and oxygen atoms in total. The van der Waals surface area contributed by atoms with E-state index in [1.54, 1.807) is 31.2 Å². The Morgan fingerprint density at radius 3 is 2.94 bits per heavy atom. The second kappa shape index (κ2) is 6.83. The second-order valence-corrected chi connectivity index (χ2v) is 3.35. The first-order valence-electron chi connectivity index (χ1n) is 5.21. The highest BCUT2D eigenvalue weighted by atomic mass is 16.8. The Bertz CT molecular complexity index is 387. The maximum absolute atomic E-state index is 11.6. The summed E-state index contributed by atoms with van der Waals surface area (Å²) >= 11 is 0. The Labute approximate surface area is 101 Å². The minimum absolute atomic E-state index is 0.133. The molecule has 1 aromatic carbocycles. The molecular weight excluding hydrogens is 220 g/mol. The number of hydrogen-bond acceptors (Lipinski definition) is 4. The van der Waals surface area contributed by atoms with Gasteiger partial charge in [0.1, 0.15) is 0 Å². The molecule has 0 amide bonds. The molecule has 0 heterocycles. The Kier molecular flexibility index (Phi) is 5.39. The lowest BCUT2D eigenvalue weighted by atomic mass is 10.1. The van der Waals surface area contributed by atoms with E-state index in [1.165, 1.54) is 7.11 Å². The summed E-state index contributed by atoms with van der Waals surface area (Å²) in [5.74, 6) is -0.433. The van der Waals surface area contributed by atoms with Gasteiger partial charge >= 0.3 is 5.97 Å². The van der Waals surface area contributed by atoms with E-state index >= 15 is 0 Å². The average Bonchev–Trinajstić information content (AvgIpc) is 2.38. The van der Waals surface area contributed by atoms with Crippen molar-refractivity contribution in [1.29, 1.82) is 0 Å². The van der Waals surface area contributed by atoms with Crippen LogP contribution in [-0.2, 0) is 14.2 Å². The molecule has 17 heavy (non-hydrogen) atoms. The van der Waals surface area contributed by atoms with Gasteiger partial charge in [-0.25, -0.2) is 4.79 Å². The lowest BCUT2D eigenvalue weighted by Crippen LogP contribution is -2.15. The fraction of sp³-hybridized carbons (Fsp3) is 0.308. The van der Waals surface area contributed by atoms with Gasteiger partial charge in [-0.05, 0) is 24.6 Å². The molecule has 0 bridgehead atoms. The minimum atomic E-state index is -0.433. The topological polar surface area (TPSA) is 44.8 Å². The quantitative estimate of drug-likeness (QED) is 0.562. The third-order valence-electron chi connectivity index (χ3n) is 2.18. The number of benzene rings is 1. The van der Waals surface area contributed by atoms with Gasteiger partial charge in [0.2, 0.25) is 0 Å². The van der Waals surface area contributed by atoms with E-state index in [2.05, 4.69) is 6.58 Å². The summed E-state index contributed by atoms with van der Waals surface area (Å²) in [5, 5.41) is 0. The number of ether oxygens (including phenoxy) is 3. The minimum Gasteiger partial charge on any atom is -0.435 e. The Morgan fingerprint density at radius 1 is 1.53 bits per heavy atom. The van der Waals surface area contributed by atoms with Crippen LogP contribution in [0.5, 0.6) is 0 Å². The Hall–Kier alpha value is -1.65. The number of carbonyl (C=O) groups is 1. The zero-order valence-electron chi connectivity index (χ0n) is 10.0. The van der Waals surface area contributed by atoms with Crippen LogP contribution in [0.1, 0.15) is 22.8 Å². The van der Waals surface area contributed by atoms with Crippen molar-refractivity contribution in [3.8, 4) is 0 Å². The summed E-state index contributed by atoms with van der Waals surface area (Å²) in [4.78, 5) is 11.6. The van der Waals surface area contributed by atoms with Crippen LogP contribution in [0.25, 0.3) is 6.08 Å². The molecular formula is C13H16O4. The maximum atomic E-state index is 11.6. The zero-order chi connectivity index (χ0) is 12.7.